The number of benzene rings is 1. The number of hydrogen-bond acceptors (Lipinski definition) is 3. The van der Waals surface area contributed by atoms with Crippen molar-refractivity contribution in [1.29, 1.82) is 0 Å². The molecule has 134 valence electrons. The van der Waals surface area contributed by atoms with Gasteiger partial charge in [-0.1, -0.05) is 19.9 Å². The van der Waals surface area contributed by atoms with Crippen LogP contribution in [0.2, 0.25) is 0 Å². The Bertz CT molecular complexity index is 715. The summed E-state index contributed by atoms with van der Waals surface area (Å²) in [5.74, 6) is 2.68. The molecule has 2 aliphatic rings. The molecule has 0 unspecified atom stereocenters. The largest absolute Gasteiger partial charge is 0.490 e. The molecular formula is C22H30N2O. The van der Waals surface area contributed by atoms with E-state index in [2.05, 4.69) is 49.1 Å². The van der Waals surface area contributed by atoms with Crippen LogP contribution in [0.4, 0.5) is 0 Å². The van der Waals surface area contributed by atoms with Crippen LogP contribution in [0.5, 0.6) is 5.75 Å². The number of rotatable bonds is 5. The lowest BCUT2D eigenvalue weighted by atomic mass is 9.80. The number of ether oxygens (including phenoxy) is 1. The van der Waals surface area contributed by atoms with Crippen molar-refractivity contribution in [3.63, 3.8) is 0 Å². The monoisotopic (exact) mass is 338 g/mol. The van der Waals surface area contributed by atoms with Gasteiger partial charge in [0.25, 0.3) is 0 Å². The maximum Gasteiger partial charge on any atom is 0.120 e. The van der Waals surface area contributed by atoms with Gasteiger partial charge < -0.3 is 4.74 Å². The molecule has 3 heteroatoms. The molecule has 3 nitrogen and oxygen atoms in total. The van der Waals surface area contributed by atoms with Crippen LogP contribution in [0.1, 0.15) is 51.6 Å². The number of hydrogen-bond donors (Lipinski definition) is 0. The highest BCUT2D eigenvalue weighted by molar-refractivity contribution is 5.80. The average molecular weight is 338 g/mol. The van der Waals surface area contributed by atoms with Gasteiger partial charge in [0.2, 0.25) is 0 Å². The minimum atomic E-state index is 0.381. The molecule has 1 aliphatic carbocycles. The molecular weight excluding hydrogens is 308 g/mol. The first-order valence-electron chi connectivity index (χ1n) is 9.96. The zero-order chi connectivity index (χ0) is 17.2. The van der Waals surface area contributed by atoms with Gasteiger partial charge >= 0.3 is 0 Å². The first-order chi connectivity index (χ1) is 12.2. The zero-order valence-corrected chi connectivity index (χ0v) is 15.6. The number of pyridine rings is 1. The highest BCUT2D eigenvalue weighted by Crippen LogP contribution is 2.32. The van der Waals surface area contributed by atoms with E-state index in [0.29, 0.717) is 6.10 Å². The van der Waals surface area contributed by atoms with Gasteiger partial charge in [-0.3, -0.25) is 9.88 Å². The highest BCUT2D eigenvalue weighted by Gasteiger charge is 2.24. The van der Waals surface area contributed by atoms with E-state index in [-0.39, 0.29) is 0 Å². The van der Waals surface area contributed by atoms with E-state index >= 15 is 0 Å². The van der Waals surface area contributed by atoms with Gasteiger partial charge in [-0.05, 0) is 81.3 Å². The molecule has 1 aliphatic heterocycles. The summed E-state index contributed by atoms with van der Waals surface area (Å²) < 4.78 is 6.28. The van der Waals surface area contributed by atoms with E-state index in [4.69, 9.17) is 9.72 Å². The van der Waals surface area contributed by atoms with E-state index in [9.17, 15) is 0 Å². The molecule has 4 rings (SSSR count). The van der Waals surface area contributed by atoms with Crippen LogP contribution in [0.15, 0.2) is 30.3 Å². The minimum Gasteiger partial charge on any atom is -0.490 e. The summed E-state index contributed by atoms with van der Waals surface area (Å²) in [5.41, 5.74) is 2.25. The number of aromatic nitrogens is 1. The first-order valence-corrected chi connectivity index (χ1v) is 9.96. The zero-order valence-electron chi connectivity index (χ0n) is 15.6. The fraction of sp³-hybridized carbons (Fsp3) is 0.591. The summed E-state index contributed by atoms with van der Waals surface area (Å²) in [6.45, 7) is 8.10. The van der Waals surface area contributed by atoms with Gasteiger partial charge in [0.15, 0.2) is 0 Å². The maximum atomic E-state index is 6.28. The standard InChI is InChI=1S/C22H30N2O/c1-16(2)17-5-8-20(9-6-17)25-21-10-11-22-18(14-21)4-7-19(23-22)15-24-12-3-13-24/h4,7,10-11,14,16-17,20H,3,5-6,8-9,12-13,15H2,1-2H3. The molecule has 0 amide bonds. The second-order valence-corrected chi connectivity index (χ2v) is 8.19. The average Bonchev–Trinajstić information content (AvgIpc) is 2.58. The van der Waals surface area contributed by atoms with Gasteiger partial charge in [0.05, 0.1) is 17.3 Å². The fourth-order valence-electron chi connectivity index (χ4n) is 4.14. The smallest absolute Gasteiger partial charge is 0.120 e. The molecule has 1 saturated heterocycles. The third kappa shape index (κ3) is 3.98. The summed E-state index contributed by atoms with van der Waals surface area (Å²) in [5, 5.41) is 1.18. The van der Waals surface area contributed by atoms with Crippen LogP contribution in [0.25, 0.3) is 10.9 Å². The van der Waals surface area contributed by atoms with Crippen molar-refractivity contribution in [3.05, 3.63) is 36.0 Å². The van der Waals surface area contributed by atoms with Crippen LogP contribution >= 0.6 is 0 Å². The third-order valence-electron chi connectivity index (χ3n) is 6.02. The molecule has 0 spiro atoms. The molecule has 1 aromatic carbocycles. The molecule has 0 radical (unpaired) electrons. The van der Waals surface area contributed by atoms with Crippen molar-refractivity contribution in [2.45, 2.75) is 58.6 Å². The Morgan fingerprint density at radius 1 is 1.08 bits per heavy atom. The summed E-state index contributed by atoms with van der Waals surface area (Å²) in [6.07, 6.45) is 6.69. The van der Waals surface area contributed by atoms with Crippen LogP contribution in [0.3, 0.4) is 0 Å². The SMILES string of the molecule is CC(C)C1CCC(Oc2ccc3nc(CN4CCC4)ccc3c2)CC1. The molecule has 0 atom stereocenters. The summed E-state index contributed by atoms with van der Waals surface area (Å²) in [4.78, 5) is 7.26. The van der Waals surface area contributed by atoms with Crippen LogP contribution in [0, 0.1) is 11.8 Å². The van der Waals surface area contributed by atoms with Crippen molar-refractivity contribution in [1.82, 2.24) is 9.88 Å². The molecule has 0 N–H and O–H groups in total. The van der Waals surface area contributed by atoms with Gasteiger partial charge in [-0.15, -0.1) is 0 Å². The van der Waals surface area contributed by atoms with Gasteiger partial charge in [0, 0.05) is 11.9 Å². The number of likely N-dealkylation sites (tertiary alicyclic amines) is 1. The van der Waals surface area contributed by atoms with Crippen molar-refractivity contribution in [2.24, 2.45) is 11.8 Å². The second-order valence-electron chi connectivity index (χ2n) is 8.19. The molecule has 2 heterocycles. The Morgan fingerprint density at radius 3 is 2.56 bits per heavy atom. The van der Waals surface area contributed by atoms with Gasteiger partial charge in [-0.25, -0.2) is 0 Å². The topological polar surface area (TPSA) is 25.4 Å². The Balaban J connectivity index is 1.40. The van der Waals surface area contributed by atoms with Crippen molar-refractivity contribution >= 4 is 10.9 Å². The maximum absolute atomic E-state index is 6.28. The summed E-state index contributed by atoms with van der Waals surface area (Å²) in [6, 6.07) is 10.7. The Labute approximate surface area is 151 Å². The molecule has 25 heavy (non-hydrogen) atoms. The fourth-order valence-corrected chi connectivity index (χ4v) is 4.14. The molecule has 2 aromatic rings. The molecule has 1 aromatic heterocycles. The van der Waals surface area contributed by atoms with E-state index < -0.39 is 0 Å². The second kappa shape index (κ2) is 7.33. The van der Waals surface area contributed by atoms with Crippen molar-refractivity contribution < 1.29 is 4.74 Å². The van der Waals surface area contributed by atoms with Crippen LogP contribution in [-0.2, 0) is 6.54 Å². The first kappa shape index (κ1) is 16.8. The number of fused-ring (bicyclic) bond motifs is 1. The molecule has 2 fully saturated rings. The molecule has 1 saturated carbocycles. The normalized spacial score (nSPS) is 24.4. The number of nitrogens with zero attached hydrogens (tertiary/aromatic N) is 2. The predicted octanol–water partition coefficient (Wildman–Crippen LogP) is 5.03. The van der Waals surface area contributed by atoms with Crippen molar-refractivity contribution in [3.8, 4) is 5.75 Å². The van der Waals surface area contributed by atoms with Crippen molar-refractivity contribution in [2.75, 3.05) is 13.1 Å². The Kier molecular flexibility index (Phi) is 4.93. The minimum absolute atomic E-state index is 0.381. The lowest BCUT2D eigenvalue weighted by Gasteiger charge is -2.31. The van der Waals surface area contributed by atoms with Gasteiger partial charge in [0.1, 0.15) is 5.75 Å². The van der Waals surface area contributed by atoms with E-state index in [0.717, 1.165) is 29.6 Å². The Morgan fingerprint density at radius 2 is 1.88 bits per heavy atom. The lowest BCUT2D eigenvalue weighted by molar-refractivity contribution is 0.117. The molecule has 0 bridgehead atoms. The highest BCUT2D eigenvalue weighted by atomic mass is 16.5. The van der Waals surface area contributed by atoms with Gasteiger partial charge in [-0.2, -0.15) is 0 Å². The lowest BCUT2D eigenvalue weighted by Crippen LogP contribution is -2.36. The third-order valence-corrected chi connectivity index (χ3v) is 6.02. The predicted molar refractivity (Wildman–Crippen MR) is 103 cm³/mol. The Hall–Kier alpha value is -1.61. The van der Waals surface area contributed by atoms with E-state index in [1.807, 2.05) is 0 Å². The van der Waals surface area contributed by atoms with Crippen LogP contribution < -0.4 is 4.74 Å². The summed E-state index contributed by atoms with van der Waals surface area (Å²) in [7, 11) is 0. The van der Waals surface area contributed by atoms with Crippen LogP contribution in [-0.4, -0.2) is 29.1 Å². The van der Waals surface area contributed by atoms with E-state index in [1.54, 1.807) is 0 Å². The quantitative estimate of drug-likeness (QED) is 0.764. The van der Waals surface area contributed by atoms with E-state index in [1.165, 1.54) is 56.3 Å². The summed E-state index contributed by atoms with van der Waals surface area (Å²) >= 11 is 0.